The van der Waals surface area contributed by atoms with Gasteiger partial charge in [-0.05, 0) is 124 Å². The highest BCUT2D eigenvalue weighted by atomic mass is 127. The highest BCUT2D eigenvalue weighted by Crippen LogP contribution is 2.42. The van der Waals surface area contributed by atoms with E-state index in [0.29, 0.717) is 0 Å². The molecule has 0 saturated heterocycles. The van der Waals surface area contributed by atoms with E-state index in [0.717, 1.165) is 79.7 Å². The Morgan fingerprint density at radius 2 is 0.860 bits per heavy atom. The quantitative estimate of drug-likeness (QED) is 0.220. The molecular weight excluding hydrogens is 639 g/mol. The lowest BCUT2D eigenvalue weighted by Crippen LogP contribution is -1.94. The number of H-pyrrole nitrogens is 2. The Morgan fingerprint density at radius 1 is 0.512 bits per heavy atom. The molecule has 0 saturated carbocycles. The Morgan fingerprint density at radius 3 is 1.16 bits per heavy atom. The second-order valence-electron chi connectivity index (χ2n) is 11.4. The van der Waals surface area contributed by atoms with Gasteiger partial charge in [-0.2, -0.15) is 0 Å². The maximum Gasteiger partial charge on any atom is 0.0766 e. The van der Waals surface area contributed by atoms with Crippen molar-refractivity contribution in [1.29, 1.82) is 0 Å². The molecule has 0 radical (unpaired) electrons. The van der Waals surface area contributed by atoms with E-state index in [9.17, 15) is 0 Å². The summed E-state index contributed by atoms with van der Waals surface area (Å²) >= 11 is 2.35. The van der Waals surface area contributed by atoms with Crippen LogP contribution in [-0.2, 0) is 25.7 Å². The molecule has 2 aliphatic rings. The van der Waals surface area contributed by atoms with Gasteiger partial charge in [0.1, 0.15) is 0 Å². The zero-order valence-electron chi connectivity index (χ0n) is 27.3. The molecule has 5 heterocycles. The van der Waals surface area contributed by atoms with Crippen LogP contribution in [0.3, 0.4) is 0 Å². The van der Waals surface area contributed by atoms with Crippen molar-refractivity contribution in [3.8, 4) is 0 Å². The second-order valence-corrected chi connectivity index (χ2v) is 12.1. The van der Waals surface area contributed by atoms with Crippen LogP contribution in [0.15, 0.2) is 22.3 Å². The molecule has 0 aliphatic carbocycles. The van der Waals surface area contributed by atoms with Gasteiger partial charge >= 0.3 is 0 Å². The van der Waals surface area contributed by atoms with E-state index in [1.165, 1.54) is 66.6 Å². The Labute approximate surface area is 271 Å². The third-order valence-electron chi connectivity index (χ3n) is 9.37. The van der Waals surface area contributed by atoms with Crippen LogP contribution in [0.4, 0.5) is 0 Å². The van der Waals surface area contributed by atoms with Gasteiger partial charge in [-0.15, -0.1) is 0 Å². The molecule has 5 rings (SSSR count). The number of aromatic amines is 2. The van der Waals surface area contributed by atoms with E-state index in [1.807, 2.05) is 0 Å². The van der Waals surface area contributed by atoms with E-state index in [4.69, 9.17) is 9.97 Å². The predicted molar refractivity (Wildman–Crippen MR) is 196 cm³/mol. The van der Waals surface area contributed by atoms with Gasteiger partial charge in [0.05, 0.1) is 22.8 Å². The molecule has 5 heteroatoms. The summed E-state index contributed by atoms with van der Waals surface area (Å²) in [5, 5.41) is 0. The minimum Gasteiger partial charge on any atom is -0.355 e. The van der Waals surface area contributed by atoms with Crippen LogP contribution in [-0.4, -0.2) is 19.9 Å². The number of halogens is 1. The van der Waals surface area contributed by atoms with E-state index < -0.39 is 0 Å². The van der Waals surface area contributed by atoms with Crippen LogP contribution in [0.5, 0.6) is 0 Å². The van der Waals surface area contributed by atoms with Crippen molar-refractivity contribution in [2.24, 2.45) is 0 Å². The molecule has 2 aliphatic heterocycles. The number of rotatable bonds is 9. The summed E-state index contributed by atoms with van der Waals surface area (Å²) in [6, 6.07) is 7.00. The summed E-state index contributed by atoms with van der Waals surface area (Å²) in [5.41, 5.74) is 21.3. The molecule has 3 aromatic rings. The zero-order valence-corrected chi connectivity index (χ0v) is 29.5. The SMILES string of the molecule is CCC1=C(CC)c2nc1cc1[nH]c(cc3[nH]c(cc4nc(c2/C=C/I)C(CC)=C4CC)c(CC)c3CC)c(CC)c1CC. The van der Waals surface area contributed by atoms with Gasteiger partial charge < -0.3 is 9.97 Å². The Kier molecular flexibility index (Phi) is 9.79. The largest absolute Gasteiger partial charge is 0.355 e. The highest BCUT2D eigenvalue weighted by molar-refractivity contribution is 14.1. The predicted octanol–water partition coefficient (Wildman–Crippen LogP) is 11.4. The summed E-state index contributed by atoms with van der Waals surface area (Å²) in [7, 11) is 0. The summed E-state index contributed by atoms with van der Waals surface area (Å²) in [5.74, 6) is 0. The zero-order chi connectivity index (χ0) is 30.8. The number of nitrogens with one attached hydrogen (secondary N) is 2. The molecule has 226 valence electrons. The molecule has 0 amide bonds. The molecule has 0 aromatic carbocycles. The van der Waals surface area contributed by atoms with Crippen LogP contribution in [0.25, 0.3) is 50.4 Å². The van der Waals surface area contributed by atoms with Crippen molar-refractivity contribution < 1.29 is 0 Å². The van der Waals surface area contributed by atoms with Gasteiger partial charge in [0.25, 0.3) is 0 Å². The molecule has 43 heavy (non-hydrogen) atoms. The molecule has 8 bridgehead atoms. The minimum absolute atomic E-state index is 0.939. The first-order valence-corrected chi connectivity index (χ1v) is 17.7. The third kappa shape index (κ3) is 5.36. The number of nitrogens with zero attached hydrogens (tertiary/aromatic N) is 2. The van der Waals surface area contributed by atoms with Crippen LogP contribution >= 0.6 is 22.6 Å². The second kappa shape index (κ2) is 13.4. The standard InChI is InChI=1S/C38H47IN4/c1-9-22-24(11-3)33-20-35-26(13-5)28(15-7)37(42-35)30(17-18-39)38-29(16-8)27(14-6)36(43-38)21-34-25(12-4)23(10-2)32(41-34)19-31(22)40-33/h17-21,40-41H,9-16H2,1-8H3/b18-17+,31-19?,32-19?,33-20?,34-21?,35-20?,36-21?,37-30?,38-30?. The summed E-state index contributed by atoms with van der Waals surface area (Å²) < 4.78 is 2.12. The Hall–Kier alpha value is -2.93. The van der Waals surface area contributed by atoms with Gasteiger partial charge in [-0.25, -0.2) is 9.97 Å². The van der Waals surface area contributed by atoms with Crippen molar-refractivity contribution in [3.63, 3.8) is 0 Å². The average molecular weight is 687 g/mol. The normalized spacial score (nSPS) is 13.7. The lowest BCUT2D eigenvalue weighted by atomic mass is 9.94. The first-order chi connectivity index (χ1) is 20.9. The number of fused-ring (bicyclic) bond motifs is 8. The number of aromatic nitrogens is 4. The minimum atomic E-state index is 0.939. The van der Waals surface area contributed by atoms with Crippen LogP contribution in [0, 0.1) is 0 Å². The lowest BCUT2D eigenvalue weighted by Gasteiger charge is -2.09. The van der Waals surface area contributed by atoms with E-state index >= 15 is 0 Å². The van der Waals surface area contributed by atoms with Crippen LogP contribution in [0.1, 0.15) is 132 Å². The van der Waals surface area contributed by atoms with E-state index in [-0.39, 0.29) is 0 Å². The van der Waals surface area contributed by atoms with Crippen molar-refractivity contribution in [2.45, 2.75) is 107 Å². The number of aryl methyl sites for hydroxylation is 4. The van der Waals surface area contributed by atoms with Gasteiger partial charge in [-0.1, -0.05) is 78.0 Å². The van der Waals surface area contributed by atoms with Gasteiger partial charge in [0.15, 0.2) is 0 Å². The maximum atomic E-state index is 5.44. The summed E-state index contributed by atoms with van der Waals surface area (Å²) in [6.45, 7) is 18.2. The monoisotopic (exact) mass is 686 g/mol. The molecule has 0 unspecified atom stereocenters. The van der Waals surface area contributed by atoms with Gasteiger partial charge in [-0.3, -0.25) is 0 Å². The van der Waals surface area contributed by atoms with Crippen LogP contribution in [0.2, 0.25) is 0 Å². The Balaban J connectivity index is 2.11. The Bertz CT molecular complexity index is 1690. The fraction of sp³-hybridized carbons (Fsp3) is 0.421. The summed E-state index contributed by atoms with van der Waals surface area (Å²) in [4.78, 5) is 18.6. The summed E-state index contributed by atoms with van der Waals surface area (Å²) in [6.07, 6.45) is 9.94. The molecule has 0 atom stereocenters. The number of hydrogen-bond donors (Lipinski definition) is 2. The lowest BCUT2D eigenvalue weighted by molar-refractivity contribution is 1.07. The van der Waals surface area contributed by atoms with E-state index in [2.05, 4.69) is 116 Å². The van der Waals surface area contributed by atoms with Gasteiger partial charge in [0, 0.05) is 27.6 Å². The molecule has 2 N–H and O–H groups in total. The smallest absolute Gasteiger partial charge is 0.0766 e. The maximum absolute atomic E-state index is 5.44. The molecule has 3 aromatic heterocycles. The molecular formula is C38H47IN4. The third-order valence-corrected chi connectivity index (χ3v) is 9.73. The van der Waals surface area contributed by atoms with Crippen molar-refractivity contribution in [3.05, 3.63) is 72.9 Å². The average Bonchev–Trinajstić information content (AvgIpc) is 3.74. The van der Waals surface area contributed by atoms with Crippen molar-refractivity contribution in [1.82, 2.24) is 19.9 Å². The first-order valence-electron chi connectivity index (χ1n) is 16.5. The molecule has 0 spiro atoms. The molecule has 4 nitrogen and oxygen atoms in total. The molecule has 0 fully saturated rings. The van der Waals surface area contributed by atoms with E-state index in [1.54, 1.807) is 0 Å². The van der Waals surface area contributed by atoms with Crippen LogP contribution < -0.4 is 0 Å². The fourth-order valence-electron chi connectivity index (χ4n) is 7.44. The van der Waals surface area contributed by atoms with Crippen molar-refractivity contribution >= 4 is 73.0 Å². The van der Waals surface area contributed by atoms with Gasteiger partial charge in [0.2, 0.25) is 0 Å². The topological polar surface area (TPSA) is 57.4 Å². The highest BCUT2D eigenvalue weighted by Gasteiger charge is 2.26. The number of allylic oxidation sites excluding steroid dienone is 4. The first kappa shape index (κ1) is 31.5. The van der Waals surface area contributed by atoms with Crippen molar-refractivity contribution in [2.75, 3.05) is 0 Å². The fourth-order valence-corrected chi connectivity index (χ4v) is 7.80. The number of hydrogen-bond acceptors (Lipinski definition) is 2.